The van der Waals surface area contributed by atoms with Crippen LogP contribution in [0.25, 0.3) is 0 Å². The molecule has 2 unspecified atom stereocenters. The average Bonchev–Trinajstić information content (AvgIpc) is 2.66. The highest BCUT2D eigenvalue weighted by Crippen LogP contribution is 2.32. The van der Waals surface area contributed by atoms with Crippen molar-refractivity contribution >= 4 is 17.5 Å². The van der Waals surface area contributed by atoms with E-state index < -0.39 is 23.4 Å². The van der Waals surface area contributed by atoms with Crippen molar-refractivity contribution in [3.05, 3.63) is 41.0 Å². The van der Waals surface area contributed by atoms with Gasteiger partial charge in [0.25, 0.3) is 0 Å². The smallest absolute Gasteiger partial charge is 0.237 e. The minimum Gasteiger partial charge on any atom is -0.368 e. The Morgan fingerprint density at radius 3 is 2.94 bits per heavy atom. The molecule has 0 bridgehead atoms. The molecular weight excluding hydrogens is 262 g/mol. The molecule has 97 valence electrons. The summed E-state index contributed by atoms with van der Waals surface area (Å²) in [5.74, 6) is -1.39. The van der Waals surface area contributed by atoms with Crippen LogP contribution in [0.3, 0.4) is 0 Å². The van der Waals surface area contributed by atoms with Crippen LogP contribution >= 0.6 is 11.6 Å². The second kappa shape index (κ2) is 4.82. The Morgan fingerprint density at radius 2 is 2.33 bits per heavy atom. The Kier molecular flexibility index (Phi) is 3.54. The van der Waals surface area contributed by atoms with Crippen LogP contribution in [0.2, 0.25) is 5.02 Å². The SMILES string of the molecule is NC(=O)C1NCCC1(F)[CH]c1ccc(Cl)c(F)c1. The molecule has 0 aliphatic carbocycles. The number of hydrogen-bond acceptors (Lipinski definition) is 2. The fourth-order valence-corrected chi connectivity index (χ4v) is 2.21. The van der Waals surface area contributed by atoms with Crippen molar-refractivity contribution in [2.75, 3.05) is 6.54 Å². The number of benzene rings is 1. The quantitative estimate of drug-likeness (QED) is 0.879. The monoisotopic (exact) mass is 273 g/mol. The summed E-state index contributed by atoms with van der Waals surface area (Å²) in [4.78, 5) is 11.1. The lowest BCUT2D eigenvalue weighted by Crippen LogP contribution is -2.49. The summed E-state index contributed by atoms with van der Waals surface area (Å²) in [5, 5.41) is 2.66. The highest BCUT2D eigenvalue weighted by atomic mass is 35.5. The Morgan fingerprint density at radius 1 is 1.61 bits per heavy atom. The third-order valence-electron chi connectivity index (χ3n) is 2.97. The zero-order chi connectivity index (χ0) is 13.3. The van der Waals surface area contributed by atoms with Gasteiger partial charge < -0.3 is 11.1 Å². The summed E-state index contributed by atoms with van der Waals surface area (Å²) < 4.78 is 27.8. The van der Waals surface area contributed by atoms with Gasteiger partial charge in [0.15, 0.2) is 0 Å². The molecule has 1 amide bonds. The molecule has 1 aromatic rings. The Labute approximate surface area is 108 Å². The molecule has 1 heterocycles. The molecule has 18 heavy (non-hydrogen) atoms. The number of halogens is 3. The van der Waals surface area contributed by atoms with Crippen LogP contribution in [0, 0.1) is 12.2 Å². The van der Waals surface area contributed by atoms with Gasteiger partial charge in [0.05, 0.1) is 5.02 Å². The second-order valence-electron chi connectivity index (χ2n) is 4.28. The maximum atomic E-state index is 14.6. The zero-order valence-corrected chi connectivity index (χ0v) is 10.2. The number of amides is 1. The van der Waals surface area contributed by atoms with E-state index in [1.165, 1.54) is 18.6 Å². The summed E-state index contributed by atoms with van der Waals surface area (Å²) in [5.41, 5.74) is 3.56. The topological polar surface area (TPSA) is 55.1 Å². The fraction of sp³-hybridized carbons (Fsp3) is 0.333. The number of alkyl halides is 1. The first-order valence-corrected chi connectivity index (χ1v) is 5.83. The van der Waals surface area contributed by atoms with Crippen molar-refractivity contribution < 1.29 is 13.6 Å². The first-order chi connectivity index (χ1) is 8.42. The first kappa shape index (κ1) is 13.2. The van der Waals surface area contributed by atoms with E-state index >= 15 is 0 Å². The van der Waals surface area contributed by atoms with E-state index in [2.05, 4.69) is 5.32 Å². The van der Waals surface area contributed by atoms with Crippen molar-refractivity contribution in [2.24, 2.45) is 5.73 Å². The molecule has 1 aliphatic heterocycles. The second-order valence-corrected chi connectivity index (χ2v) is 4.69. The lowest BCUT2D eigenvalue weighted by Gasteiger charge is -2.24. The van der Waals surface area contributed by atoms with E-state index in [-0.39, 0.29) is 11.4 Å². The van der Waals surface area contributed by atoms with Crippen LogP contribution in [0.15, 0.2) is 18.2 Å². The van der Waals surface area contributed by atoms with E-state index in [4.69, 9.17) is 17.3 Å². The molecule has 1 aliphatic rings. The highest BCUT2D eigenvalue weighted by Gasteiger charge is 2.46. The van der Waals surface area contributed by atoms with Crippen LogP contribution in [0.1, 0.15) is 12.0 Å². The van der Waals surface area contributed by atoms with Crippen LogP contribution in [0.5, 0.6) is 0 Å². The van der Waals surface area contributed by atoms with Gasteiger partial charge in [0, 0.05) is 6.42 Å². The summed E-state index contributed by atoms with van der Waals surface area (Å²) in [6.45, 7) is 0.344. The van der Waals surface area contributed by atoms with E-state index in [0.717, 1.165) is 6.07 Å². The minimum atomic E-state index is -1.90. The lowest BCUT2D eigenvalue weighted by molar-refractivity contribution is -0.121. The van der Waals surface area contributed by atoms with Crippen LogP contribution in [-0.4, -0.2) is 24.2 Å². The molecule has 0 saturated carbocycles. The number of carbonyl (C=O) groups is 1. The van der Waals surface area contributed by atoms with Crippen LogP contribution in [0.4, 0.5) is 8.78 Å². The van der Waals surface area contributed by atoms with Gasteiger partial charge in [-0.1, -0.05) is 17.7 Å². The van der Waals surface area contributed by atoms with Crippen molar-refractivity contribution in [3.8, 4) is 0 Å². The largest absolute Gasteiger partial charge is 0.368 e. The molecule has 2 rings (SSSR count). The first-order valence-electron chi connectivity index (χ1n) is 5.45. The van der Waals surface area contributed by atoms with Crippen molar-refractivity contribution in [1.29, 1.82) is 0 Å². The van der Waals surface area contributed by atoms with Gasteiger partial charge in [-0.15, -0.1) is 0 Å². The van der Waals surface area contributed by atoms with Crippen molar-refractivity contribution in [2.45, 2.75) is 18.1 Å². The standard InChI is InChI=1S/C12H12ClF2N2O/c13-8-2-1-7(5-9(8)14)6-12(15)3-4-17-10(12)11(16)18/h1-2,5-6,10,17H,3-4H2,(H2,16,18). The Bertz CT molecular complexity index is 483. The molecule has 1 saturated heterocycles. The average molecular weight is 274 g/mol. The fourth-order valence-electron chi connectivity index (χ4n) is 2.09. The Balaban J connectivity index is 2.21. The molecule has 1 radical (unpaired) electrons. The van der Waals surface area contributed by atoms with Gasteiger partial charge >= 0.3 is 0 Å². The third kappa shape index (κ3) is 2.47. The number of nitrogens with one attached hydrogen (secondary N) is 1. The molecule has 0 aromatic heterocycles. The van der Waals surface area contributed by atoms with E-state index in [0.29, 0.717) is 12.1 Å². The van der Waals surface area contributed by atoms with E-state index in [1.807, 2.05) is 0 Å². The molecule has 3 nitrogen and oxygen atoms in total. The highest BCUT2D eigenvalue weighted by molar-refractivity contribution is 6.30. The van der Waals surface area contributed by atoms with Gasteiger partial charge in [-0.05, 0) is 30.7 Å². The van der Waals surface area contributed by atoms with Gasteiger partial charge in [-0.25, -0.2) is 8.78 Å². The number of nitrogens with two attached hydrogens (primary N) is 1. The molecular formula is C12H12ClF2N2O. The molecule has 1 fully saturated rings. The summed E-state index contributed by atoms with van der Waals surface area (Å²) >= 11 is 5.54. The normalized spacial score (nSPS) is 27.4. The molecule has 1 aromatic carbocycles. The van der Waals surface area contributed by atoms with Gasteiger partial charge in [-0.2, -0.15) is 0 Å². The number of carbonyl (C=O) groups excluding carboxylic acids is 1. The van der Waals surface area contributed by atoms with Crippen molar-refractivity contribution in [3.63, 3.8) is 0 Å². The van der Waals surface area contributed by atoms with Gasteiger partial charge in [0.1, 0.15) is 17.5 Å². The zero-order valence-electron chi connectivity index (χ0n) is 9.42. The summed E-state index contributed by atoms with van der Waals surface area (Å²) in [7, 11) is 0. The molecule has 3 N–H and O–H groups in total. The van der Waals surface area contributed by atoms with Crippen LogP contribution < -0.4 is 11.1 Å². The summed E-state index contributed by atoms with van der Waals surface area (Å²) in [6, 6.07) is 2.87. The number of primary amides is 1. The molecule has 2 atom stereocenters. The molecule has 6 heteroatoms. The van der Waals surface area contributed by atoms with E-state index in [1.54, 1.807) is 0 Å². The van der Waals surface area contributed by atoms with Crippen molar-refractivity contribution in [1.82, 2.24) is 5.32 Å². The maximum Gasteiger partial charge on any atom is 0.237 e. The maximum absolute atomic E-state index is 14.6. The Hall–Kier alpha value is -1.20. The summed E-state index contributed by atoms with van der Waals surface area (Å²) in [6.07, 6.45) is 1.33. The molecule has 0 spiro atoms. The lowest BCUT2D eigenvalue weighted by atomic mass is 9.89. The number of hydrogen-bond donors (Lipinski definition) is 2. The van der Waals surface area contributed by atoms with Gasteiger partial charge in [-0.3, -0.25) is 4.79 Å². The minimum absolute atomic E-state index is 0.0314. The van der Waals surface area contributed by atoms with E-state index in [9.17, 15) is 13.6 Å². The van der Waals surface area contributed by atoms with Gasteiger partial charge in [0.2, 0.25) is 5.91 Å². The third-order valence-corrected chi connectivity index (χ3v) is 3.28. The predicted molar refractivity (Wildman–Crippen MR) is 64.3 cm³/mol. The number of rotatable bonds is 3. The van der Waals surface area contributed by atoms with Crippen LogP contribution in [-0.2, 0) is 4.79 Å². The predicted octanol–water partition coefficient (Wildman–Crippen LogP) is 1.59.